The summed E-state index contributed by atoms with van der Waals surface area (Å²) in [5.74, 6) is 1.20. The minimum absolute atomic E-state index is 0.243. The van der Waals surface area contributed by atoms with Crippen molar-refractivity contribution in [2.75, 3.05) is 0 Å². The van der Waals surface area contributed by atoms with Crippen molar-refractivity contribution in [3.05, 3.63) is 65.7 Å². The highest BCUT2D eigenvalue weighted by molar-refractivity contribution is 5.70. The minimum Gasteiger partial charge on any atom is -0.293 e. The Kier molecular flexibility index (Phi) is 4.30. The Labute approximate surface area is 175 Å². The lowest BCUT2D eigenvalue weighted by molar-refractivity contribution is 0.793. The maximum Gasteiger partial charge on any atom is 0.252 e. The van der Waals surface area contributed by atoms with Gasteiger partial charge in [0.25, 0.3) is 5.95 Å². The number of hydrogen-bond donors (Lipinski definition) is 1. The molecule has 5 aromatic rings. The second-order valence-corrected chi connectivity index (χ2v) is 6.69. The van der Waals surface area contributed by atoms with Gasteiger partial charge >= 0.3 is 0 Å². The van der Waals surface area contributed by atoms with E-state index in [2.05, 4.69) is 46.7 Å². The highest BCUT2D eigenvalue weighted by atomic mass is 15.4. The van der Waals surface area contributed by atoms with Crippen LogP contribution < -0.4 is 0 Å². The lowest BCUT2D eigenvalue weighted by Crippen LogP contribution is -2.01. The number of azo groups is 1. The molecule has 0 amide bonds. The summed E-state index contributed by atoms with van der Waals surface area (Å²) in [6.45, 7) is 3.59. The zero-order valence-corrected chi connectivity index (χ0v) is 16.6. The van der Waals surface area contributed by atoms with Gasteiger partial charge in [0.15, 0.2) is 17.3 Å². The summed E-state index contributed by atoms with van der Waals surface area (Å²) in [6, 6.07) is 13.5. The minimum atomic E-state index is 0.243. The number of rotatable bonds is 4. The molecule has 0 spiro atoms. The van der Waals surface area contributed by atoms with Crippen LogP contribution in [0.4, 0.5) is 11.5 Å². The number of benzene rings is 1. The van der Waals surface area contributed by atoms with E-state index in [0.717, 1.165) is 11.3 Å². The van der Waals surface area contributed by atoms with Crippen LogP contribution in [-0.4, -0.2) is 39.6 Å². The smallest absolute Gasteiger partial charge is 0.252 e. The Bertz CT molecular complexity index is 1450. The number of nitriles is 1. The number of nitrogens with one attached hydrogen (secondary N) is 1. The van der Waals surface area contributed by atoms with Crippen LogP contribution in [0.5, 0.6) is 0 Å². The molecule has 0 saturated carbocycles. The molecule has 31 heavy (non-hydrogen) atoms. The zero-order chi connectivity index (χ0) is 21.4. The average molecular weight is 409 g/mol. The van der Waals surface area contributed by atoms with E-state index < -0.39 is 0 Å². The molecule has 1 aromatic carbocycles. The van der Waals surface area contributed by atoms with E-state index in [-0.39, 0.29) is 5.82 Å². The Balaban J connectivity index is 1.62. The molecule has 0 unspecified atom stereocenters. The molecular weight excluding hydrogens is 394 g/mol. The monoisotopic (exact) mass is 409 g/mol. The van der Waals surface area contributed by atoms with Crippen molar-refractivity contribution < 1.29 is 0 Å². The Hall–Kier alpha value is -4.72. The van der Waals surface area contributed by atoms with Crippen molar-refractivity contribution in [2.24, 2.45) is 10.2 Å². The summed E-state index contributed by atoms with van der Waals surface area (Å²) in [5.41, 5.74) is 3.51. The molecule has 1 N–H and O–H groups in total. The number of nitrogens with zero attached hydrogens (tertiary/aromatic N) is 10. The normalized spacial score (nSPS) is 11.4. The summed E-state index contributed by atoms with van der Waals surface area (Å²) in [4.78, 5) is 8.39. The molecule has 0 aliphatic rings. The Morgan fingerprint density at radius 1 is 1.00 bits per heavy atom. The predicted octanol–water partition coefficient (Wildman–Crippen LogP) is 3.60. The fraction of sp³-hybridized carbons (Fsp3) is 0.100. The molecule has 4 aromatic heterocycles. The van der Waals surface area contributed by atoms with E-state index in [1.165, 1.54) is 4.68 Å². The maximum atomic E-state index is 9.59. The summed E-state index contributed by atoms with van der Waals surface area (Å²) >= 11 is 0. The van der Waals surface area contributed by atoms with Gasteiger partial charge in [0.05, 0.1) is 11.4 Å². The van der Waals surface area contributed by atoms with Gasteiger partial charge in [-0.1, -0.05) is 30.3 Å². The average Bonchev–Trinajstić information content (AvgIpc) is 3.44. The van der Waals surface area contributed by atoms with Gasteiger partial charge in [0.2, 0.25) is 5.65 Å². The van der Waals surface area contributed by atoms with Crippen LogP contribution >= 0.6 is 0 Å². The summed E-state index contributed by atoms with van der Waals surface area (Å²) < 4.78 is 3.16. The molecule has 0 bridgehead atoms. The lowest BCUT2D eigenvalue weighted by atomic mass is 10.2. The first-order valence-electron chi connectivity index (χ1n) is 9.35. The third kappa shape index (κ3) is 3.03. The number of hydrogen-bond acceptors (Lipinski definition) is 8. The molecule has 0 atom stereocenters. The molecule has 11 heteroatoms. The lowest BCUT2D eigenvalue weighted by Gasteiger charge is -2.00. The Morgan fingerprint density at radius 2 is 1.77 bits per heavy atom. The molecule has 11 nitrogen and oxygen atoms in total. The summed E-state index contributed by atoms with van der Waals surface area (Å²) in [6.07, 6.45) is 3.18. The van der Waals surface area contributed by atoms with Crippen LogP contribution in [0.2, 0.25) is 0 Å². The van der Waals surface area contributed by atoms with Crippen molar-refractivity contribution in [1.82, 2.24) is 39.6 Å². The van der Waals surface area contributed by atoms with Gasteiger partial charge in [0.1, 0.15) is 11.6 Å². The quantitative estimate of drug-likeness (QED) is 0.450. The first kappa shape index (κ1) is 18.3. The van der Waals surface area contributed by atoms with E-state index in [0.29, 0.717) is 34.4 Å². The van der Waals surface area contributed by atoms with E-state index in [1.807, 2.05) is 37.3 Å². The predicted molar refractivity (Wildman–Crippen MR) is 110 cm³/mol. The van der Waals surface area contributed by atoms with Crippen LogP contribution in [0.3, 0.4) is 0 Å². The molecular formula is C20H15N11. The van der Waals surface area contributed by atoms with Crippen LogP contribution in [0.15, 0.2) is 59.0 Å². The maximum absolute atomic E-state index is 9.59. The van der Waals surface area contributed by atoms with Crippen molar-refractivity contribution >= 4 is 17.2 Å². The van der Waals surface area contributed by atoms with Gasteiger partial charge in [0, 0.05) is 18.0 Å². The molecule has 0 radical (unpaired) electrons. The highest BCUT2D eigenvalue weighted by Crippen LogP contribution is 2.31. The van der Waals surface area contributed by atoms with E-state index in [1.54, 1.807) is 29.9 Å². The van der Waals surface area contributed by atoms with Crippen LogP contribution in [0, 0.1) is 25.2 Å². The highest BCUT2D eigenvalue weighted by Gasteiger charge is 2.20. The van der Waals surface area contributed by atoms with Gasteiger partial charge < -0.3 is 0 Å². The van der Waals surface area contributed by atoms with E-state index in [9.17, 15) is 5.26 Å². The molecule has 0 saturated heterocycles. The Morgan fingerprint density at radius 3 is 2.52 bits per heavy atom. The van der Waals surface area contributed by atoms with Gasteiger partial charge in [-0.3, -0.25) is 5.10 Å². The van der Waals surface area contributed by atoms with Crippen molar-refractivity contribution in [1.29, 1.82) is 5.26 Å². The standard InChI is InChI=1S/C20H15N11/c1-12-15(11-21)18(31(28-12)20-22-9-6-10-23-20)26-24-16-13(2)29-30-17(25-27-19(16)30)14-7-4-3-5-8-14/h3-10,29H,1-2H3. The van der Waals surface area contributed by atoms with Crippen LogP contribution in [0.25, 0.3) is 23.0 Å². The fourth-order valence-electron chi connectivity index (χ4n) is 3.20. The van der Waals surface area contributed by atoms with E-state index >= 15 is 0 Å². The molecule has 5 rings (SSSR count). The van der Waals surface area contributed by atoms with Crippen LogP contribution in [-0.2, 0) is 0 Å². The van der Waals surface area contributed by atoms with Crippen molar-refractivity contribution in [2.45, 2.75) is 13.8 Å². The van der Waals surface area contributed by atoms with Gasteiger partial charge in [-0.2, -0.15) is 15.0 Å². The second-order valence-electron chi connectivity index (χ2n) is 6.69. The second kappa shape index (κ2) is 7.27. The first-order valence-corrected chi connectivity index (χ1v) is 9.35. The molecule has 0 aliphatic carbocycles. The molecule has 0 aliphatic heterocycles. The third-order valence-electron chi connectivity index (χ3n) is 4.68. The SMILES string of the molecule is Cc1nn(-c2ncccn2)c(N=Nc2c(C)[nH]n3c(-c4ccccc4)nnc23)c1C#N. The third-order valence-corrected chi connectivity index (χ3v) is 4.68. The number of H-pyrrole nitrogens is 1. The fourth-order valence-corrected chi connectivity index (χ4v) is 3.20. The first-order chi connectivity index (χ1) is 15.2. The van der Waals surface area contributed by atoms with Gasteiger partial charge in [-0.25, -0.2) is 14.5 Å². The molecule has 4 heterocycles. The van der Waals surface area contributed by atoms with Gasteiger partial charge in [-0.05, 0) is 19.9 Å². The number of aromatic amines is 1. The number of aromatic nitrogens is 8. The summed E-state index contributed by atoms with van der Waals surface area (Å²) in [5, 5.41) is 34.4. The molecule has 0 fully saturated rings. The van der Waals surface area contributed by atoms with E-state index in [4.69, 9.17) is 0 Å². The van der Waals surface area contributed by atoms with Crippen molar-refractivity contribution in [3.8, 4) is 23.4 Å². The largest absolute Gasteiger partial charge is 0.293 e. The molecule has 150 valence electrons. The number of aryl methyl sites for hydroxylation is 2. The van der Waals surface area contributed by atoms with Gasteiger partial charge in [-0.15, -0.1) is 20.4 Å². The summed E-state index contributed by atoms with van der Waals surface area (Å²) in [7, 11) is 0. The van der Waals surface area contributed by atoms with Crippen LogP contribution in [0.1, 0.15) is 17.0 Å². The topological polar surface area (TPSA) is 138 Å². The number of fused-ring (bicyclic) bond motifs is 1. The zero-order valence-electron chi connectivity index (χ0n) is 16.6. The van der Waals surface area contributed by atoms with Crippen molar-refractivity contribution in [3.63, 3.8) is 0 Å².